The molecule has 1 fully saturated rings. The number of hydrogen-bond donors (Lipinski definition) is 1. The summed E-state index contributed by atoms with van der Waals surface area (Å²) in [5.41, 5.74) is 1.89. The monoisotopic (exact) mass is 477 g/mol. The van der Waals surface area contributed by atoms with Crippen molar-refractivity contribution >= 4 is 46.0 Å². The Bertz CT molecular complexity index is 1510. The van der Waals surface area contributed by atoms with Gasteiger partial charge < -0.3 is 10.0 Å². The van der Waals surface area contributed by atoms with Gasteiger partial charge >= 0.3 is 5.97 Å². The summed E-state index contributed by atoms with van der Waals surface area (Å²) < 4.78 is 16.1. The van der Waals surface area contributed by atoms with Gasteiger partial charge in [-0.2, -0.15) is 9.78 Å². The number of fused-ring (bicyclic) bond motifs is 1. The van der Waals surface area contributed by atoms with Gasteiger partial charge in [-0.3, -0.25) is 9.59 Å². The molecule has 0 atom stereocenters. The van der Waals surface area contributed by atoms with Gasteiger partial charge in [0.25, 0.3) is 5.91 Å². The molecule has 0 saturated carbocycles. The molecule has 1 saturated heterocycles. The van der Waals surface area contributed by atoms with Crippen LogP contribution in [0, 0.1) is 12.7 Å². The number of aryl methyl sites for hydroxylation is 1. The van der Waals surface area contributed by atoms with Crippen LogP contribution >= 0.6 is 11.6 Å². The zero-order valence-electron chi connectivity index (χ0n) is 17.9. The Hall–Kier alpha value is -4.04. The summed E-state index contributed by atoms with van der Waals surface area (Å²) in [7, 11) is 0. The summed E-state index contributed by atoms with van der Waals surface area (Å²) in [5.74, 6) is -2.58. The van der Waals surface area contributed by atoms with Crippen LogP contribution in [0.4, 0.5) is 10.1 Å². The van der Waals surface area contributed by atoms with Gasteiger partial charge in [0.2, 0.25) is 5.91 Å². The van der Waals surface area contributed by atoms with Crippen LogP contribution in [-0.2, 0) is 4.79 Å². The number of carboxylic acids is 1. The average Bonchev–Trinajstić information content (AvgIpc) is 3.16. The van der Waals surface area contributed by atoms with Crippen LogP contribution in [0.15, 0.2) is 54.6 Å². The van der Waals surface area contributed by atoms with E-state index in [9.17, 15) is 18.8 Å². The van der Waals surface area contributed by atoms with E-state index in [0.717, 1.165) is 10.7 Å². The van der Waals surface area contributed by atoms with Gasteiger partial charge in [0.1, 0.15) is 11.5 Å². The van der Waals surface area contributed by atoms with Crippen molar-refractivity contribution < 1.29 is 23.9 Å². The van der Waals surface area contributed by atoms with Crippen molar-refractivity contribution in [3.05, 3.63) is 82.1 Å². The standard InChI is InChI=1S/C25H17ClFN3O4/c1-13-3-2-4-18(26)22(13)24(32)30-20-12-15(29-10-9-21(29)31)6-8-17(20)23(28-30)16-7-5-14(25(33)34)11-19(16)27/h2-8,11-12H,9-10H2,1H3,(H,33,34). The Morgan fingerprint density at radius 3 is 2.53 bits per heavy atom. The van der Waals surface area contributed by atoms with Crippen molar-refractivity contribution in [3.63, 3.8) is 0 Å². The second-order valence-corrected chi connectivity index (χ2v) is 8.40. The zero-order valence-corrected chi connectivity index (χ0v) is 18.6. The molecule has 9 heteroatoms. The molecule has 0 aliphatic carbocycles. The second kappa shape index (κ2) is 8.07. The molecule has 0 radical (unpaired) electrons. The lowest BCUT2D eigenvalue weighted by molar-refractivity contribution is -0.122. The highest BCUT2D eigenvalue weighted by molar-refractivity contribution is 6.34. The van der Waals surface area contributed by atoms with Crippen LogP contribution in [0.3, 0.4) is 0 Å². The largest absolute Gasteiger partial charge is 0.478 e. The fraction of sp³-hybridized carbons (Fsp3) is 0.120. The zero-order chi connectivity index (χ0) is 24.1. The number of benzene rings is 3. The molecule has 0 bridgehead atoms. The van der Waals surface area contributed by atoms with E-state index in [4.69, 9.17) is 16.7 Å². The first-order valence-corrected chi connectivity index (χ1v) is 10.8. The Morgan fingerprint density at radius 1 is 1.12 bits per heavy atom. The van der Waals surface area contributed by atoms with Crippen molar-refractivity contribution in [1.82, 2.24) is 9.78 Å². The molecule has 1 aromatic heterocycles. The number of rotatable bonds is 4. The van der Waals surface area contributed by atoms with E-state index in [1.807, 2.05) is 0 Å². The van der Waals surface area contributed by atoms with E-state index in [1.54, 1.807) is 48.2 Å². The lowest BCUT2D eigenvalue weighted by Crippen LogP contribution is -2.43. The number of β-lactam (4-membered cyclic amide) rings is 1. The molecule has 34 heavy (non-hydrogen) atoms. The van der Waals surface area contributed by atoms with Gasteiger partial charge in [0.05, 0.1) is 21.7 Å². The van der Waals surface area contributed by atoms with Crippen molar-refractivity contribution in [1.29, 1.82) is 0 Å². The number of nitrogens with zero attached hydrogens (tertiary/aromatic N) is 3. The maximum atomic E-state index is 14.9. The molecule has 0 unspecified atom stereocenters. The van der Waals surface area contributed by atoms with Gasteiger partial charge in [-0.15, -0.1) is 0 Å². The second-order valence-electron chi connectivity index (χ2n) is 7.99. The molecule has 4 aromatic rings. The molecular formula is C25H17ClFN3O4. The Balaban J connectivity index is 1.74. The van der Waals surface area contributed by atoms with Crippen LogP contribution in [0.5, 0.6) is 0 Å². The number of carboxylic acid groups (broad SMARTS) is 1. The number of halogens is 2. The minimum atomic E-state index is -1.26. The van der Waals surface area contributed by atoms with E-state index in [-0.39, 0.29) is 33.3 Å². The van der Waals surface area contributed by atoms with Crippen molar-refractivity contribution in [2.45, 2.75) is 13.3 Å². The number of aromatic nitrogens is 2. The number of carbonyl (C=O) groups excluding carboxylic acids is 2. The molecule has 7 nitrogen and oxygen atoms in total. The number of aromatic carboxylic acids is 1. The number of anilines is 1. The predicted molar refractivity (Wildman–Crippen MR) is 125 cm³/mol. The molecule has 170 valence electrons. The fourth-order valence-corrected chi connectivity index (χ4v) is 4.36. The van der Waals surface area contributed by atoms with Crippen LogP contribution < -0.4 is 4.90 Å². The summed E-state index contributed by atoms with van der Waals surface area (Å²) in [5, 5.41) is 14.3. The van der Waals surface area contributed by atoms with Gasteiger partial charge in [0.15, 0.2) is 0 Å². The quantitative estimate of drug-likeness (QED) is 0.421. The highest BCUT2D eigenvalue weighted by Crippen LogP contribution is 2.35. The highest BCUT2D eigenvalue weighted by Gasteiger charge is 2.28. The normalized spacial score (nSPS) is 13.3. The number of hydrogen-bond acceptors (Lipinski definition) is 4. The third-order valence-corrected chi connectivity index (χ3v) is 6.24. The summed E-state index contributed by atoms with van der Waals surface area (Å²) in [6.07, 6.45) is 0.446. The minimum Gasteiger partial charge on any atom is -0.478 e. The molecular weight excluding hydrogens is 461 g/mol. The minimum absolute atomic E-state index is 0.0331. The molecule has 1 aliphatic rings. The highest BCUT2D eigenvalue weighted by atomic mass is 35.5. The summed E-state index contributed by atoms with van der Waals surface area (Å²) in [6, 6.07) is 13.6. The smallest absolute Gasteiger partial charge is 0.335 e. The molecule has 0 spiro atoms. The average molecular weight is 478 g/mol. The number of amides is 1. The topological polar surface area (TPSA) is 92.5 Å². The van der Waals surface area contributed by atoms with E-state index < -0.39 is 17.7 Å². The van der Waals surface area contributed by atoms with Gasteiger partial charge in [-0.25, -0.2) is 9.18 Å². The van der Waals surface area contributed by atoms with E-state index in [2.05, 4.69) is 5.10 Å². The molecule has 3 aromatic carbocycles. The first kappa shape index (κ1) is 21.8. The predicted octanol–water partition coefficient (Wildman–Crippen LogP) is 4.93. The lowest BCUT2D eigenvalue weighted by atomic mass is 10.0. The molecule has 1 amide bonds. The van der Waals surface area contributed by atoms with Crippen LogP contribution in [0.25, 0.3) is 22.2 Å². The van der Waals surface area contributed by atoms with E-state index >= 15 is 0 Å². The molecule has 2 heterocycles. The molecule has 1 aliphatic heterocycles. The third-order valence-electron chi connectivity index (χ3n) is 5.93. The van der Waals surface area contributed by atoms with Crippen molar-refractivity contribution in [2.24, 2.45) is 0 Å². The first-order valence-electron chi connectivity index (χ1n) is 10.4. The molecule has 5 rings (SSSR count). The van der Waals surface area contributed by atoms with Gasteiger partial charge in [0, 0.05) is 29.6 Å². The lowest BCUT2D eigenvalue weighted by Gasteiger charge is -2.30. The third kappa shape index (κ3) is 3.43. The Morgan fingerprint density at radius 2 is 1.91 bits per heavy atom. The van der Waals surface area contributed by atoms with Crippen molar-refractivity contribution in [2.75, 3.05) is 11.4 Å². The van der Waals surface area contributed by atoms with Crippen LogP contribution in [-0.4, -0.2) is 39.2 Å². The van der Waals surface area contributed by atoms with E-state index in [1.165, 1.54) is 12.1 Å². The van der Waals surface area contributed by atoms with E-state index in [0.29, 0.717) is 35.1 Å². The molecule has 1 N–H and O–H groups in total. The summed E-state index contributed by atoms with van der Waals surface area (Å²) >= 11 is 6.32. The Kier molecular flexibility index (Phi) is 5.17. The van der Waals surface area contributed by atoms with Crippen molar-refractivity contribution in [3.8, 4) is 11.3 Å². The number of carbonyl (C=O) groups is 3. The van der Waals surface area contributed by atoms with Gasteiger partial charge in [-0.05, 0) is 55.0 Å². The van der Waals surface area contributed by atoms with Crippen LogP contribution in [0.1, 0.15) is 32.7 Å². The fourth-order valence-electron chi connectivity index (χ4n) is 4.06. The first-order chi connectivity index (χ1) is 16.3. The summed E-state index contributed by atoms with van der Waals surface area (Å²) in [4.78, 5) is 38.3. The van der Waals surface area contributed by atoms with Gasteiger partial charge in [-0.1, -0.05) is 23.7 Å². The SMILES string of the molecule is Cc1cccc(Cl)c1C(=O)n1nc(-c2ccc(C(=O)O)cc2F)c2ccc(N3CCC3=O)cc21. The maximum Gasteiger partial charge on any atom is 0.335 e. The summed E-state index contributed by atoms with van der Waals surface area (Å²) in [6.45, 7) is 2.31. The Labute approximate surface area is 198 Å². The maximum absolute atomic E-state index is 14.9. The van der Waals surface area contributed by atoms with Crippen LogP contribution in [0.2, 0.25) is 5.02 Å².